The Morgan fingerprint density at radius 3 is 1.86 bits per heavy atom. The van der Waals surface area contributed by atoms with E-state index in [1.165, 1.54) is 6.92 Å². The Labute approximate surface area is 100 Å². The van der Waals surface area contributed by atoms with Crippen LogP contribution in [-0.4, -0.2) is 11.6 Å². The maximum atomic E-state index is 10.6. The molecule has 0 heterocycles. The van der Waals surface area contributed by atoms with Gasteiger partial charge in [-0.25, -0.2) is 5.43 Å². The topological polar surface area (TPSA) is 41.5 Å². The number of carbonyl (C=O) groups is 1. The van der Waals surface area contributed by atoms with E-state index in [1.54, 1.807) is 0 Å². The molecule has 0 aromatic heterocycles. The molecule has 0 spiro atoms. The van der Waals surface area contributed by atoms with Crippen molar-refractivity contribution >= 4 is 58.0 Å². The van der Waals surface area contributed by atoms with Gasteiger partial charge < -0.3 is 0 Å². The Morgan fingerprint density at radius 1 is 1.07 bits per heavy atom. The van der Waals surface area contributed by atoms with Crippen LogP contribution < -0.4 is 5.43 Å². The van der Waals surface area contributed by atoms with E-state index >= 15 is 0 Å². The summed E-state index contributed by atoms with van der Waals surface area (Å²) in [4.78, 5) is 10.6. The summed E-state index contributed by atoms with van der Waals surface area (Å²) in [6.07, 6.45) is 0. The number of hydrogen-bond donors (Lipinski definition) is 1. The summed E-state index contributed by atoms with van der Waals surface area (Å²) in [5, 5.41) is 4.15. The largest absolute Gasteiger partial charge is 0.274 e. The van der Waals surface area contributed by atoms with E-state index < -0.39 is 0 Å². The van der Waals surface area contributed by atoms with Crippen molar-refractivity contribution in [2.24, 2.45) is 5.10 Å². The minimum Gasteiger partial charge on any atom is -0.274 e. The highest BCUT2D eigenvalue weighted by Gasteiger charge is 2.26. The summed E-state index contributed by atoms with van der Waals surface area (Å²) in [5.74, 6) is -0.342. The van der Waals surface area contributed by atoms with E-state index in [4.69, 9.17) is 46.4 Å². The fourth-order valence-electron chi connectivity index (χ4n) is 0.730. The molecular weight excluding hydrogens is 270 g/mol. The van der Waals surface area contributed by atoms with Gasteiger partial charge >= 0.3 is 0 Å². The van der Waals surface area contributed by atoms with E-state index in [0.29, 0.717) is 0 Å². The standard InChI is InChI=1S/C7H4Cl4N2O/c1-2(14)12-13-7-5(10)3(8)4(9)6(7)11/h1H3,(H,12,14). The first kappa shape index (κ1) is 11.9. The first-order valence-electron chi connectivity index (χ1n) is 3.41. The molecule has 1 N–H and O–H groups in total. The van der Waals surface area contributed by atoms with E-state index in [2.05, 4.69) is 10.5 Å². The molecule has 0 aliphatic heterocycles. The van der Waals surface area contributed by atoms with Crippen molar-refractivity contribution in [2.45, 2.75) is 6.92 Å². The lowest BCUT2D eigenvalue weighted by Crippen LogP contribution is -2.15. The van der Waals surface area contributed by atoms with Crippen LogP contribution in [0, 0.1) is 0 Å². The zero-order chi connectivity index (χ0) is 10.9. The SMILES string of the molecule is CC(=O)NN=C1C(Cl)=C(Cl)C(Cl)=C1Cl. The van der Waals surface area contributed by atoms with Gasteiger partial charge in [0.2, 0.25) is 5.91 Å². The lowest BCUT2D eigenvalue weighted by molar-refractivity contribution is -0.118. The highest BCUT2D eigenvalue weighted by molar-refractivity contribution is 6.66. The van der Waals surface area contributed by atoms with Gasteiger partial charge in [0.1, 0.15) is 5.71 Å². The second kappa shape index (κ2) is 4.53. The summed E-state index contributed by atoms with van der Waals surface area (Å²) in [7, 11) is 0. The molecular formula is C7H4Cl4N2O. The molecule has 7 heteroatoms. The zero-order valence-electron chi connectivity index (χ0n) is 6.87. The maximum absolute atomic E-state index is 10.6. The summed E-state index contributed by atoms with van der Waals surface area (Å²) in [5.41, 5.74) is 2.35. The van der Waals surface area contributed by atoms with E-state index in [0.717, 1.165) is 0 Å². The predicted molar refractivity (Wildman–Crippen MR) is 58.7 cm³/mol. The van der Waals surface area contributed by atoms with Gasteiger partial charge in [-0.3, -0.25) is 4.79 Å². The average molecular weight is 274 g/mol. The Kier molecular flexibility index (Phi) is 3.84. The molecule has 3 nitrogen and oxygen atoms in total. The Balaban J connectivity index is 3.03. The zero-order valence-corrected chi connectivity index (χ0v) is 9.89. The van der Waals surface area contributed by atoms with Gasteiger partial charge in [-0.15, -0.1) is 0 Å². The first-order valence-corrected chi connectivity index (χ1v) is 4.92. The number of allylic oxidation sites excluding steroid dienone is 4. The molecule has 0 bridgehead atoms. The second-order valence-electron chi connectivity index (χ2n) is 2.38. The van der Waals surface area contributed by atoms with Gasteiger partial charge in [-0.05, 0) is 0 Å². The number of hydrazone groups is 1. The highest BCUT2D eigenvalue weighted by atomic mass is 35.5. The van der Waals surface area contributed by atoms with Crippen molar-refractivity contribution in [2.75, 3.05) is 0 Å². The van der Waals surface area contributed by atoms with Gasteiger partial charge in [-0.2, -0.15) is 5.10 Å². The van der Waals surface area contributed by atoms with Crippen molar-refractivity contribution in [3.63, 3.8) is 0 Å². The quantitative estimate of drug-likeness (QED) is 0.734. The molecule has 0 fully saturated rings. The molecule has 1 aliphatic rings. The van der Waals surface area contributed by atoms with Crippen molar-refractivity contribution in [3.8, 4) is 0 Å². The van der Waals surface area contributed by atoms with Gasteiger partial charge in [-0.1, -0.05) is 46.4 Å². The Morgan fingerprint density at radius 2 is 1.50 bits per heavy atom. The Hall–Kier alpha value is -0.220. The smallest absolute Gasteiger partial charge is 0.236 e. The van der Waals surface area contributed by atoms with Crippen LogP contribution in [0.1, 0.15) is 6.92 Å². The molecule has 1 amide bonds. The monoisotopic (exact) mass is 272 g/mol. The Bertz CT molecular complexity index is 357. The van der Waals surface area contributed by atoms with Crippen LogP contribution >= 0.6 is 46.4 Å². The third kappa shape index (κ3) is 2.23. The second-order valence-corrected chi connectivity index (χ2v) is 3.90. The van der Waals surface area contributed by atoms with Crippen LogP contribution in [0.4, 0.5) is 0 Å². The lowest BCUT2D eigenvalue weighted by Gasteiger charge is -1.97. The summed E-state index contributed by atoms with van der Waals surface area (Å²) in [6.45, 7) is 1.30. The number of halogens is 4. The minimum absolute atomic E-state index is 0.121. The molecule has 1 aliphatic carbocycles. The van der Waals surface area contributed by atoms with Gasteiger partial charge in [0.05, 0.1) is 20.1 Å². The van der Waals surface area contributed by atoms with E-state index in [9.17, 15) is 4.79 Å². The third-order valence-electron chi connectivity index (χ3n) is 1.32. The predicted octanol–water partition coefficient (Wildman–Crippen LogP) is 2.87. The maximum Gasteiger partial charge on any atom is 0.236 e. The fraction of sp³-hybridized carbons (Fsp3) is 0.143. The first-order chi connectivity index (χ1) is 6.45. The lowest BCUT2D eigenvalue weighted by atomic mass is 10.4. The number of nitrogens with zero attached hydrogens (tertiary/aromatic N) is 1. The molecule has 0 aromatic carbocycles. The molecule has 0 atom stereocenters. The van der Waals surface area contributed by atoms with Crippen molar-refractivity contribution in [1.82, 2.24) is 5.43 Å². The molecule has 76 valence electrons. The summed E-state index contributed by atoms with van der Waals surface area (Å²) < 4.78 is 0. The van der Waals surface area contributed by atoms with Crippen LogP contribution in [0.5, 0.6) is 0 Å². The number of nitrogens with one attached hydrogen (secondary N) is 1. The molecule has 0 radical (unpaired) electrons. The van der Waals surface area contributed by atoms with Crippen LogP contribution in [0.3, 0.4) is 0 Å². The summed E-state index contributed by atoms with van der Waals surface area (Å²) in [6, 6.07) is 0. The summed E-state index contributed by atoms with van der Waals surface area (Å²) >= 11 is 22.9. The average Bonchev–Trinajstić information content (AvgIpc) is 2.29. The van der Waals surface area contributed by atoms with Crippen LogP contribution in [0.15, 0.2) is 25.2 Å². The number of hydrogen-bond acceptors (Lipinski definition) is 2. The van der Waals surface area contributed by atoms with Gasteiger partial charge in [0.25, 0.3) is 0 Å². The molecule has 14 heavy (non-hydrogen) atoms. The molecule has 0 saturated carbocycles. The van der Waals surface area contributed by atoms with Gasteiger partial charge in [0, 0.05) is 6.92 Å². The number of rotatable bonds is 1. The molecule has 0 unspecified atom stereocenters. The van der Waals surface area contributed by atoms with Crippen molar-refractivity contribution < 1.29 is 4.79 Å². The van der Waals surface area contributed by atoms with Crippen LogP contribution in [-0.2, 0) is 4.79 Å². The van der Waals surface area contributed by atoms with Gasteiger partial charge in [0.15, 0.2) is 0 Å². The number of carbonyl (C=O) groups excluding carboxylic acids is 1. The van der Waals surface area contributed by atoms with Crippen LogP contribution in [0.2, 0.25) is 0 Å². The van der Waals surface area contributed by atoms with E-state index in [1.807, 2.05) is 0 Å². The van der Waals surface area contributed by atoms with Crippen LogP contribution in [0.25, 0.3) is 0 Å². The normalized spacial score (nSPS) is 16.5. The highest BCUT2D eigenvalue weighted by Crippen LogP contribution is 2.39. The number of amides is 1. The van der Waals surface area contributed by atoms with E-state index in [-0.39, 0.29) is 31.7 Å². The molecule has 0 saturated heterocycles. The molecule has 1 rings (SSSR count). The third-order valence-corrected chi connectivity index (χ3v) is 3.10. The minimum atomic E-state index is -0.342. The van der Waals surface area contributed by atoms with Crippen molar-refractivity contribution in [1.29, 1.82) is 0 Å². The fourth-order valence-corrected chi connectivity index (χ4v) is 1.71. The molecule has 0 aromatic rings. The van der Waals surface area contributed by atoms with Crippen molar-refractivity contribution in [3.05, 3.63) is 20.1 Å².